The standard InChI is InChI=1S/C13H9F2O.BrH.Zn/c14-11-6-7-13(15)10(8-11)9-16-12-4-2-1-3-5-12;;/h1-4,6-8H,9H2;1H;/q-1;;+2/p-1. The Bertz CT molecular complexity index is 480. The van der Waals surface area contributed by atoms with Gasteiger partial charge in [-0.25, -0.2) is 8.78 Å². The molecule has 0 heterocycles. The van der Waals surface area contributed by atoms with E-state index in [0.717, 1.165) is 18.2 Å². The number of hydrogen-bond donors (Lipinski definition) is 0. The van der Waals surface area contributed by atoms with E-state index in [4.69, 9.17) is 4.74 Å². The molecule has 1 nitrogen and oxygen atoms in total. The number of benzene rings is 2. The molecule has 5 heteroatoms. The van der Waals surface area contributed by atoms with Gasteiger partial charge in [0.2, 0.25) is 0 Å². The Hall–Kier alpha value is -0.797. The van der Waals surface area contributed by atoms with Gasteiger partial charge < -0.3 is 4.74 Å². The minimum absolute atomic E-state index is 0.00981. The first-order valence-electron chi connectivity index (χ1n) is 5.06. The van der Waals surface area contributed by atoms with Crippen molar-refractivity contribution in [2.24, 2.45) is 0 Å². The summed E-state index contributed by atoms with van der Waals surface area (Å²) in [5.74, 6) is -0.444. The van der Waals surface area contributed by atoms with Crippen LogP contribution < -0.4 is 4.74 Å². The van der Waals surface area contributed by atoms with Gasteiger partial charge in [-0.05, 0) is 18.2 Å². The molecular formula is C13H9BrF2OZn. The fourth-order valence-electron chi connectivity index (χ4n) is 1.28. The van der Waals surface area contributed by atoms with Crippen molar-refractivity contribution in [3.63, 3.8) is 0 Å². The van der Waals surface area contributed by atoms with Crippen molar-refractivity contribution >= 4 is 13.6 Å². The van der Waals surface area contributed by atoms with Crippen molar-refractivity contribution in [2.75, 3.05) is 0 Å². The molecule has 2 aromatic carbocycles. The second kappa shape index (κ2) is 8.33. The van der Waals surface area contributed by atoms with E-state index in [2.05, 4.69) is 19.7 Å². The summed E-state index contributed by atoms with van der Waals surface area (Å²) in [5, 5.41) is 0. The van der Waals surface area contributed by atoms with Crippen LogP contribution in [0.25, 0.3) is 0 Å². The topological polar surface area (TPSA) is 9.23 Å². The van der Waals surface area contributed by atoms with Crippen molar-refractivity contribution in [1.29, 1.82) is 0 Å². The summed E-state index contributed by atoms with van der Waals surface area (Å²) in [6, 6.07) is 13.1. The summed E-state index contributed by atoms with van der Waals surface area (Å²) in [7, 11) is 0. The Morgan fingerprint density at radius 1 is 1.17 bits per heavy atom. The molecule has 0 saturated carbocycles. The zero-order valence-electron chi connectivity index (χ0n) is 9.50. The monoisotopic (exact) mass is 362 g/mol. The fourth-order valence-corrected chi connectivity index (χ4v) is 1.28. The summed E-state index contributed by atoms with van der Waals surface area (Å²) in [5.41, 5.74) is 0.192. The van der Waals surface area contributed by atoms with Crippen LogP contribution in [0.3, 0.4) is 0 Å². The maximum absolute atomic E-state index is 13.2. The molecule has 0 radical (unpaired) electrons. The zero-order valence-corrected chi connectivity index (χ0v) is 14.1. The number of hydrogen-bond acceptors (Lipinski definition) is 1. The SMILES string of the molecule is Fc1ccc(F)c(COc2[c-]cccc2)c1.[Zn+][Br]. The summed E-state index contributed by atoms with van der Waals surface area (Å²) in [4.78, 5) is 0. The Labute approximate surface area is 121 Å². The molecule has 0 saturated heterocycles. The van der Waals surface area contributed by atoms with Crippen LogP contribution in [-0.2, 0) is 22.9 Å². The van der Waals surface area contributed by atoms with E-state index in [0.29, 0.717) is 5.75 Å². The number of rotatable bonds is 3. The molecule has 0 N–H and O–H groups in total. The molecule has 18 heavy (non-hydrogen) atoms. The molecule has 0 spiro atoms. The Kier molecular flexibility index (Phi) is 7.06. The normalized spacial score (nSPS) is 9.39. The average Bonchev–Trinajstić information content (AvgIpc) is 2.43. The molecule has 0 amide bonds. The molecule has 0 atom stereocenters. The predicted molar refractivity (Wildman–Crippen MR) is 64.9 cm³/mol. The summed E-state index contributed by atoms with van der Waals surface area (Å²) >= 11 is 4.25. The van der Waals surface area contributed by atoms with Gasteiger partial charge in [0, 0.05) is 11.3 Å². The van der Waals surface area contributed by atoms with E-state index in [-0.39, 0.29) is 12.2 Å². The van der Waals surface area contributed by atoms with Crippen molar-refractivity contribution in [3.8, 4) is 5.75 Å². The van der Waals surface area contributed by atoms with E-state index in [9.17, 15) is 8.78 Å². The third-order valence-corrected chi connectivity index (χ3v) is 2.07. The molecule has 0 aliphatic carbocycles. The Morgan fingerprint density at radius 3 is 2.61 bits per heavy atom. The second-order valence-corrected chi connectivity index (χ2v) is 3.25. The van der Waals surface area contributed by atoms with Crippen LogP contribution in [0, 0.1) is 17.7 Å². The van der Waals surface area contributed by atoms with Gasteiger partial charge in [0.25, 0.3) is 0 Å². The minimum atomic E-state index is -0.475. The third kappa shape index (κ3) is 4.83. The summed E-state index contributed by atoms with van der Waals surface area (Å²) in [6.07, 6.45) is 0. The zero-order chi connectivity index (χ0) is 13.4. The van der Waals surface area contributed by atoms with Gasteiger partial charge in [0.15, 0.2) is 0 Å². The number of para-hydroxylation sites is 1. The van der Waals surface area contributed by atoms with E-state index in [1.54, 1.807) is 24.3 Å². The molecule has 0 fully saturated rings. The molecular weight excluding hydrogens is 355 g/mol. The van der Waals surface area contributed by atoms with Crippen molar-refractivity contribution in [1.82, 2.24) is 0 Å². The van der Waals surface area contributed by atoms with Crippen LogP contribution in [0.4, 0.5) is 8.78 Å². The number of ether oxygens (including phenoxy) is 1. The van der Waals surface area contributed by atoms with Crippen molar-refractivity contribution in [3.05, 3.63) is 65.7 Å². The van der Waals surface area contributed by atoms with Gasteiger partial charge in [0.05, 0.1) is 0 Å². The van der Waals surface area contributed by atoms with Gasteiger partial charge in [0.1, 0.15) is 18.2 Å². The third-order valence-electron chi connectivity index (χ3n) is 2.07. The van der Waals surface area contributed by atoms with E-state index in [1.165, 1.54) is 16.3 Å². The molecule has 90 valence electrons. The molecule has 0 bridgehead atoms. The van der Waals surface area contributed by atoms with Gasteiger partial charge in [-0.2, -0.15) is 18.2 Å². The molecule has 0 aliphatic heterocycles. The molecule has 0 aromatic heterocycles. The molecule has 0 unspecified atom stereocenters. The van der Waals surface area contributed by atoms with Crippen LogP contribution in [0.15, 0.2) is 42.5 Å². The van der Waals surface area contributed by atoms with Crippen LogP contribution in [-0.4, -0.2) is 0 Å². The molecule has 2 aromatic rings. The number of halogens is 3. The van der Waals surface area contributed by atoms with Crippen LogP contribution >= 0.6 is 13.6 Å². The first kappa shape index (κ1) is 15.3. The predicted octanol–water partition coefficient (Wildman–Crippen LogP) is 4.19. The fraction of sp³-hybridized carbons (Fsp3) is 0.0769. The van der Waals surface area contributed by atoms with Gasteiger partial charge >= 0.3 is 30.0 Å². The average molecular weight is 365 g/mol. The van der Waals surface area contributed by atoms with Gasteiger partial charge in [-0.15, -0.1) is 12.1 Å². The first-order chi connectivity index (χ1) is 8.75. The molecule has 2 rings (SSSR count). The van der Waals surface area contributed by atoms with E-state index >= 15 is 0 Å². The van der Waals surface area contributed by atoms with Crippen LogP contribution in [0.5, 0.6) is 5.75 Å². The first-order valence-corrected chi connectivity index (χ1v) is 12.0. The van der Waals surface area contributed by atoms with E-state index in [1.807, 2.05) is 0 Å². The second-order valence-electron chi connectivity index (χ2n) is 3.25. The molecule has 0 aliphatic rings. The Morgan fingerprint density at radius 2 is 1.94 bits per heavy atom. The van der Waals surface area contributed by atoms with Gasteiger partial charge in [-0.1, -0.05) is 0 Å². The summed E-state index contributed by atoms with van der Waals surface area (Å²) < 4.78 is 31.3. The van der Waals surface area contributed by atoms with Crippen molar-refractivity contribution in [2.45, 2.75) is 6.61 Å². The van der Waals surface area contributed by atoms with E-state index < -0.39 is 11.6 Å². The Balaban J connectivity index is 0.000000771. The summed E-state index contributed by atoms with van der Waals surface area (Å²) in [6.45, 7) is -0.00981. The van der Waals surface area contributed by atoms with Crippen LogP contribution in [0.1, 0.15) is 5.56 Å². The van der Waals surface area contributed by atoms with Gasteiger partial charge in [-0.3, -0.25) is 0 Å². The van der Waals surface area contributed by atoms with Crippen molar-refractivity contribution < 1.29 is 29.9 Å². The van der Waals surface area contributed by atoms with Crippen LogP contribution in [0.2, 0.25) is 0 Å². The maximum atomic E-state index is 13.2. The quantitative estimate of drug-likeness (QED) is 0.586.